The third-order valence-electron chi connectivity index (χ3n) is 4.62. The molecule has 6 nitrogen and oxygen atoms in total. The number of carbonyl (C=O) groups excluding carboxylic acids is 1. The largest absolute Gasteiger partial charge is 0.490 e. The van der Waals surface area contributed by atoms with Gasteiger partial charge in [0.05, 0.1) is 25.6 Å². The van der Waals surface area contributed by atoms with Crippen LogP contribution < -0.4 is 9.47 Å². The summed E-state index contributed by atoms with van der Waals surface area (Å²) >= 11 is 0. The van der Waals surface area contributed by atoms with Crippen molar-refractivity contribution in [2.75, 3.05) is 26.3 Å². The van der Waals surface area contributed by atoms with Crippen LogP contribution in [-0.4, -0.2) is 46.7 Å². The number of nitrogens with zero attached hydrogens (tertiary/aromatic N) is 3. The van der Waals surface area contributed by atoms with E-state index >= 15 is 0 Å². The molecular formula is C18H21N3O3. The minimum atomic E-state index is 0.0514. The normalized spacial score (nSPS) is 20.5. The highest BCUT2D eigenvalue weighted by molar-refractivity contribution is 5.95. The van der Waals surface area contributed by atoms with Crippen LogP contribution in [0, 0.1) is 0 Å². The van der Waals surface area contributed by atoms with Crippen LogP contribution in [0.15, 0.2) is 36.9 Å². The minimum absolute atomic E-state index is 0.0514. The molecular weight excluding hydrogens is 306 g/mol. The van der Waals surface area contributed by atoms with Gasteiger partial charge in [0.25, 0.3) is 5.91 Å². The first-order valence-electron chi connectivity index (χ1n) is 8.47. The highest BCUT2D eigenvalue weighted by atomic mass is 16.5. The minimum Gasteiger partial charge on any atom is -0.490 e. The summed E-state index contributed by atoms with van der Waals surface area (Å²) < 4.78 is 13.4. The molecule has 1 aromatic carbocycles. The maximum Gasteiger partial charge on any atom is 0.254 e. The predicted octanol–water partition coefficient (Wildman–Crippen LogP) is 2.52. The van der Waals surface area contributed by atoms with Crippen molar-refractivity contribution in [3.63, 3.8) is 0 Å². The molecule has 0 N–H and O–H groups in total. The summed E-state index contributed by atoms with van der Waals surface area (Å²) in [4.78, 5) is 18.9. The molecule has 2 aliphatic heterocycles. The summed E-state index contributed by atoms with van der Waals surface area (Å²) in [5.74, 6) is 1.44. The highest BCUT2D eigenvalue weighted by Gasteiger charge is 2.26. The molecule has 3 heterocycles. The number of ether oxygens (including phenoxy) is 2. The Balaban J connectivity index is 1.52. The Morgan fingerprint density at radius 1 is 1.17 bits per heavy atom. The number of carbonyl (C=O) groups is 1. The number of fused-ring (bicyclic) bond motifs is 1. The molecule has 1 unspecified atom stereocenters. The summed E-state index contributed by atoms with van der Waals surface area (Å²) in [6.45, 7) is 2.78. The van der Waals surface area contributed by atoms with Crippen molar-refractivity contribution < 1.29 is 14.3 Å². The number of likely N-dealkylation sites (tertiary alicyclic amines) is 1. The molecule has 2 aliphatic rings. The molecule has 6 heteroatoms. The molecule has 0 aliphatic carbocycles. The molecule has 1 amide bonds. The first-order valence-corrected chi connectivity index (χ1v) is 8.47. The van der Waals surface area contributed by atoms with Gasteiger partial charge in [-0.05, 0) is 31.0 Å². The van der Waals surface area contributed by atoms with E-state index in [1.807, 2.05) is 35.6 Å². The van der Waals surface area contributed by atoms with E-state index in [-0.39, 0.29) is 5.91 Å². The lowest BCUT2D eigenvalue weighted by Crippen LogP contribution is -2.40. The standard InChI is InChI=1S/C18H21N3O3/c22-18(14-4-5-16-17(11-14)24-10-2-9-23-16)20-7-1-3-15(12-20)21-8-6-19-13-21/h4-6,8,11,13,15H,1-3,7,9-10,12H2. The zero-order valence-electron chi connectivity index (χ0n) is 13.6. The Bertz CT molecular complexity index is 714. The van der Waals surface area contributed by atoms with Gasteiger partial charge in [-0.1, -0.05) is 0 Å². The van der Waals surface area contributed by atoms with E-state index in [4.69, 9.17) is 9.47 Å². The van der Waals surface area contributed by atoms with E-state index in [2.05, 4.69) is 9.55 Å². The average molecular weight is 327 g/mol. The van der Waals surface area contributed by atoms with E-state index in [1.54, 1.807) is 6.20 Å². The average Bonchev–Trinajstić information content (AvgIpc) is 3.06. The van der Waals surface area contributed by atoms with Crippen LogP contribution in [0.4, 0.5) is 0 Å². The molecule has 0 saturated carbocycles. The topological polar surface area (TPSA) is 56.6 Å². The lowest BCUT2D eigenvalue weighted by atomic mass is 10.0. The van der Waals surface area contributed by atoms with Gasteiger partial charge in [-0.25, -0.2) is 4.98 Å². The van der Waals surface area contributed by atoms with Gasteiger partial charge in [-0.3, -0.25) is 4.79 Å². The van der Waals surface area contributed by atoms with Crippen molar-refractivity contribution in [2.24, 2.45) is 0 Å². The quantitative estimate of drug-likeness (QED) is 0.850. The maximum absolute atomic E-state index is 12.9. The summed E-state index contributed by atoms with van der Waals surface area (Å²) in [7, 11) is 0. The lowest BCUT2D eigenvalue weighted by Gasteiger charge is -2.33. The molecule has 126 valence electrons. The molecule has 1 atom stereocenters. The van der Waals surface area contributed by atoms with E-state index in [0.29, 0.717) is 37.1 Å². The van der Waals surface area contributed by atoms with Crippen molar-refractivity contribution in [2.45, 2.75) is 25.3 Å². The van der Waals surface area contributed by atoms with Gasteiger partial charge in [0.1, 0.15) is 0 Å². The van der Waals surface area contributed by atoms with E-state index < -0.39 is 0 Å². The van der Waals surface area contributed by atoms with Gasteiger partial charge in [0.2, 0.25) is 0 Å². The number of benzene rings is 1. The van der Waals surface area contributed by atoms with Gasteiger partial charge >= 0.3 is 0 Å². The predicted molar refractivity (Wildman–Crippen MR) is 88.5 cm³/mol. The zero-order chi connectivity index (χ0) is 16.4. The summed E-state index contributed by atoms with van der Waals surface area (Å²) in [6, 6.07) is 5.77. The van der Waals surface area contributed by atoms with Crippen molar-refractivity contribution in [1.82, 2.24) is 14.5 Å². The molecule has 2 aromatic rings. The van der Waals surface area contributed by atoms with Crippen molar-refractivity contribution >= 4 is 5.91 Å². The second-order valence-corrected chi connectivity index (χ2v) is 6.27. The van der Waals surface area contributed by atoms with Gasteiger partial charge in [0.15, 0.2) is 11.5 Å². The molecule has 4 rings (SSSR count). The highest BCUT2D eigenvalue weighted by Crippen LogP contribution is 2.31. The number of hydrogen-bond acceptors (Lipinski definition) is 4. The fourth-order valence-electron chi connectivity index (χ4n) is 3.35. The second-order valence-electron chi connectivity index (χ2n) is 6.27. The van der Waals surface area contributed by atoms with Gasteiger partial charge in [-0.2, -0.15) is 0 Å². The van der Waals surface area contributed by atoms with Crippen molar-refractivity contribution in [3.05, 3.63) is 42.5 Å². The third kappa shape index (κ3) is 2.96. The summed E-state index contributed by atoms with van der Waals surface area (Å²) in [6.07, 6.45) is 8.50. The Labute approximate surface area is 141 Å². The maximum atomic E-state index is 12.9. The number of imidazole rings is 1. The molecule has 24 heavy (non-hydrogen) atoms. The molecule has 0 bridgehead atoms. The van der Waals surface area contributed by atoms with Crippen LogP contribution in [0.3, 0.4) is 0 Å². The molecule has 1 aromatic heterocycles. The van der Waals surface area contributed by atoms with Gasteiger partial charge in [-0.15, -0.1) is 0 Å². The van der Waals surface area contributed by atoms with Crippen LogP contribution in [-0.2, 0) is 0 Å². The SMILES string of the molecule is O=C(c1ccc2c(c1)OCCCO2)N1CCCC(n2ccnc2)C1. The van der Waals surface area contributed by atoms with Crippen molar-refractivity contribution in [1.29, 1.82) is 0 Å². The summed E-state index contributed by atoms with van der Waals surface area (Å²) in [5.41, 5.74) is 0.658. The molecule has 1 fully saturated rings. The Hall–Kier alpha value is -2.50. The molecule has 0 radical (unpaired) electrons. The fraction of sp³-hybridized carbons (Fsp3) is 0.444. The third-order valence-corrected chi connectivity index (χ3v) is 4.62. The van der Waals surface area contributed by atoms with Crippen LogP contribution in [0.2, 0.25) is 0 Å². The molecule has 1 saturated heterocycles. The number of aromatic nitrogens is 2. The smallest absolute Gasteiger partial charge is 0.254 e. The Morgan fingerprint density at radius 2 is 2.04 bits per heavy atom. The Morgan fingerprint density at radius 3 is 2.88 bits per heavy atom. The summed E-state index contributed by atoms with van der Waals surface area (Å²) in [5, 5.41) is 0. The fourth-order valence-corrected chi connectivity index (χ4v) is 3.35. The number of piperidine rings is 1. The second kappa shape index (κ2) is 6.55. The van der Waals surface area contributed by atoms with Gasteiger partial charge in [0, 0.05) is 37.5 Å². The van der Waals surface area contributed by atoms with Crippen LogP contribution >= 0.6 is 0 Å². The first-order chi connectivity index (χ1) is 11.8. The zero-order valence-corrected chi connectivity index (χ0v) is 13.6. The van der Waals surface area contributed by atoms with Gasteiger partial charge < -0.3 is 18.9 Å². The Kier molecular flexibility index (Phi) is 4.11. The van der Waals surface area contributed by atoms with Crippen LogP contribution in [0.5, 0.6) is 11.5 Å². The number of amides is 1. The van der Waals surface area contributed by atoms with E-state index in [9.17, 15) is 4.79 Å². The first kappa shape index (κ1) is 15.1. The number of rotatable bonds is 2. The van der Waals surface area contributed by atoms with Crippen LogP contribution in [0.1, 0.15) is 35.7 Å². The number of hydrogen-bond donors (Lipinski definition) is 0. The lowest BCUT2D eigenvalue weighted by molar-refractivity contribution is 0.0679. The molecule has 0 spiro atoms. The van der Waals surface area contributed by atoms with E-state index in [0.717, 1.165) is 31.6 Å². The monoisotopic (exact) mass is 327 g/mol. The van der Waals surface area contributed by atoms with Crippen LogP contribution in [0.25, 0.3) is 0 Å². The van der Waals surface area contributed by atoms with E-state index in [1.165, 1.54) is 0 Å². The van der Waals surface area contributed by atoms with Crippen molar-refractivity contribution in [3.8, 4) is 11.5 Å².